The standard InChI is InChI=1S/C12H21NO/c1-2-4-11(13)10-5-8-14-12(9-10)6-3-7-12/h2,10-11H,1,3-9,13H2. The molecule has 2 aliphatic rings. The number of hydrogen-bond acceptors (Lipinski definition) is 2. The van der Waals surface area contributed by atoms with Crippen LogP contribution in [0.1, 0.15) is 38.5 Å². The Morgan fingerprint density at radius 3 is 2.93 bits per heavy atom. The first-order valence-corrected chi connectivity index (χ1v) is 5.76. The smallest absolute Gasteiger partial charge is 0.0685 e. The van der Waals surface area contributed by atoms with Gasteiger partial charge < -0.3 is 10.5 Å². The highest BCUT2D eigenvalue weighted by atomic mass is 16.5. The summed E-state index contributed by atoms with van der Waals surface area (Å²) in [6.07, 6.45) is 9.05. The second-order valence-electron chi connectivity index (χ2n) is 4.83. The molecule has 1 saturated heterocycles. The molecular formula is C12H21NO. The number of ether oxygens (including phenoxy) is 1. The Labute approximate surface area is 86.5 Å². The summed E-state index contributed by atoms with van der Waals surface area (Å²) in [6.45, 7) is 4.67. The molecule has 1 aliphatic carbocycles. The summed E-state index contributed by atoms with van der Waals surface area (Å²) in [5.74, 6) is 0.655. The zero-order valence-electron chi connectivity index (χ0n) is 8.87. The Morgan fingerprint density at radius 1 is 1.57 bits per heavy atom. The molecule has 0 aromatic rings. The molecule has 14 heavy (non-hydrogen) atoms. The van der Waals surface area contributed by atoms with E-state index >= 15 is 0 Å². The van der Waals surface area contributed by atoms with Gasteiger partial charge in [0, 0.05) is 12.6 Å². The summed E-state index contributed by atoms with van der Waals surface area (Å²) in [5.41, 5.74) is 6.37. The molecule has 1 aliphatic heterocycles. The van der Waals surface area contributed by atoms with Crippen molar-refractivity contribution in [2.45, 2.75) is 50.2 Å². The average Bonchev–Trinajstić information content (AvgIpc) is 2.16. The Hall–Kier alpha value is -0.340. The SMILES string of the molecule is C=CCC(N)C1CCOC2(CCC2)C1. The highest BCUT2D eigenvalue weighted by Crippen LogP contribution is 2.44. The summed E-state index contributed by atoms with van der Waals surface area (Å²) in [7, 11) is 0. The quantitative estimate of drug-likeness (QED) is 0.701. The molecule has 80 valence electrons. The molecule has 2 rings (SSSR count). The van der Waals surface area contributed by atoms with Crippen LogP contribution in [0.15, 0.2) is 12.7 Å². The molecule has 1 heterocycles. The molecule has 1 saturated carbocycles. The van der Waals surface area contributed by atoms with Crippen molar-refractivity contribution in [3.05, 3.63) is 12.7 Å². The Balaban J connectivity index is 1.90. The lowest BCUT2D eigenvalue weighted by Gasteiger charge is -2.48. The third kappa shape index (κ3) is 1.86. The van der Waals surface area contributed by atoms with Crippen LogP contribution in [0.4, 0.5) is 0 Å². The van der Waals surface area contributed by atoms with Gasteiger partial charge in [-0.3, -0.25) is 0 Å². The number of rotatable bonds is 3. The normalized spacial score (nSPS) is 32.2. The van der Waals surface area contributed by atoms with Gasteiger partial charge in [-0.1, -0.05) is 6.08 Å². The predicted octanol–water partition coefficient (Wildman–Crippen LogP) is 2.24. The summed E-state index contributed by atoms with van der Waals surface area (Å²) < 4.78 is 5.88. The third-order valence-corrected chi connectivity index (χ3v) is 3.84. The Morgan fingerprint density at radius 2 is 2.36 bits per heavy atom. The van der Waals surface area contributed by atoms with Gasteiger partial charge in [0.05, 0.1) is 5.60 Å². The van der Waals surface area contributed by atoms with Gasteiger partial charge in [0.15, 0.2) is 0 Å². The zero-order valence-corrected chi connectivity index (χ0v) is 8.87. The second kappa shape index (κ2) is 4.03. The minimum Gasteiger partial charge on any atom is -0.375 e. The van der Waals surface area contributed by atoms with E-state index < -0.39 is 0 Å². The first-order valence-electron chi connectivity index (χ1n) is 5.76. The highest BCUT2D eigenvalue weighted by molar-refractivity contribution is 4.96. The minimum atomic E-state index is 0.238. The van der Waals surface area contributed by atoms with Crippen molar-refractivity contribution < 1.29 is 4.74 Å². The molecule has 0 bridgehead atoms. The van der Waals surface area contributed by atoms with E-state index in [1.54, 1.807) is 0 Å². The van der Waals surface area contributed by atoms with E-state index in [-0.39, 0.29) is 5.60 Å². The molecule has 2 nitrogen and oxygen atoms in total. The van der Waals surface area contributed by atoms with Crippen molar-refractivity contribution in [3.8, 4) is 0 Å². The summed E-state index contributed by atoms with van der Waals surface area (Å²) in [4.78, 5) is 0. The lowest BCUT2D eigenvalue weighted by atomic mass is 9.70. The largest absolute Gasteiger partial charge is 0.375 e. The van der Waals surface area contributed by atoms with Crippen molar-refractivity contribution >= 4 is 0 Å². The summed E-state index contributed by atoms with van der Waals surface area (Å²) in [5, 5.41) is 0. The van der Waals surface area contributed by atoms with Crippen LogP contribution in [0.25, 0.3) is 0 Å². The summed E-state index contributed by atoms with van der Waals surface area (Å²) >= 11 is 0. The lowest BCUT2D eigenvalue weighted by Crippen LogP contribution is -2.49. The summed E-state index contributed by atoms with van der Waals surface area (Å²) in [6, 6.07) is 0.300. The minimum absolute atomic E-state index is 0.238. The molecule has 1 spiro atoms. The van der Waals surface area contributed by atoms with E-state index in [0.717, 1.165) is 19.4 Å². The topological polar surface area (TPSA) is 35.2 Å². The van der Waals surface area contributed by atoms with Crippen molar-refractivity contribution in [2.24, 2.45) is 11.7 Å². The van der Waals surface area contributed by atoms with Crippen LogP contribution in [0.3, 0.4) is 0 Å². The highest BCUT2D eigenvalue weighted by Gasteiger charge is 2.43. The number of hydrogen-bond donors (Lipinski definition) is 1. The molecule has 2 unspecified atom stereocenters. The van der Waals surface area contributed by atoms with E-state index in [4.69, 9.17) is 10.5 Å². The van der Waals surface area contributed by atoms with Crippen molar-refractivity contribution in [3.63, 3.8) is 0 Å². The Kier molecular flexibility index (Phi) is 2.93. The molecule has 0 aromatic carbocycles. The molecule has 2 N–H and O–H groups in total. The van der Waals surface area contributed by atoms with Crippen LogP contribution in [-0.2, 0) is 4.74 Å². The van der Waals surface area contributed by atoms with E-state index in [0.29, 0.717) is 12.0 Å². The van der Waals surface area contributed by atoms with Crippen LogP contribution in [0.5, 0.6) is 0 Å². The van der Waals surface area contributed by atoms with E-state index in [2.05, 4.69) is 6.58 Å². The van der Waals surface area contributed by atoms with Crippen molar-refractivity contribution in [2.75, 3.05) is 6.61 Å². The van der Waals surface area contributed by atoms with Gasteiger partial charge in [-0.05, 0) is 44.4 Å². The maximum atomic E-state index is 6.13. The van der Waals surface area contributed by atoms with Crippen LogP contribution < -0.4 is 5.73 Å². The predicted molar refractivity (Wildman–Crippen MR) is 58.0 cm³/mol. The Bertz CT molecular complexity index is 210. The number of nitrogens with two attached hydrogens (primary N) is 1. The molecular weight excluding hydrogens is 174 g/mol. The average molecular weight is 195 g/mol. The van der Waals surface area contributed by atoms with Gasteiger partial charge in [0.1, 0.15) is 0 Å². The third-order valence-electron chi connectivity index (χ3n) is 3.84. The van der Waals surface area contributed by atoms with E-state index in [9.17, 15) is 0 Å². The maximum absolute atomic E-state index is 6.13. The monoisotopic (exact) mass is 195 g/mol. The van der Waals surface area contributed by atoms with Crippen molar-refractivity contribution in [1.29, 1.82) is 0 Å². The van der Waals surface area contributed by atoms with Gasteiger partial charge in [0.2, 0.25) is 0 Å². The molecule has 2 atom stereocenters. The molecule has 0 radical (unpaired) electrons. The maximum Gasteiger partial charge on any atom is 0.0685 e. The fourth-order valence-corrected chi connectivity index (χ4v) is 2.74. The van der Waals surface area contributed by atoms with E-state index in [1.165, 1.54) is 25.7 Å². The van der Waals surface area contributed by atoms with Gasteiger partial charge in [-0.25, -0.2) is 0 Å². The molecule has 2 heteroatoms. The lowest BCUT2D eigenvalue weighted by molar-refractivity contribution is -0.145. The first kappa shape index (κ1) is 10.2. The van der Waals surface area contributed by atoms with Gasteiger partial charge >= 0.3 is 0 Å². The van der Waals surface area contributed by atoms with Crippen molar-refractivity contribution in [1.82, 2.24) is 0 Å². The van der Waals surface area contributed by atoms with Gasteiger partial charge in [0.25, 0.3) is 0 Å². The van der Waals surface area contributed by atoms with Gasteiger partial charge in [-0.15, -0.1) is 6.58 Å². The second-order valence-corrected chi connectivity index (χ2v) is 4.83. The van der Waals surface area contributed by atoms with Crippen LogP contribution in [-0.4, -0.2) is 18.2 Å². The van der Waals surface area contributed by atoms with Gasteiger partial charge in [-0.2, -0.15) is 0 Å². The first-order chi connectivity index (χ1) is 6.76. The fourth-order valence-electron chi connectivity index (χ4n) is 2.74. The molecule has 2 fully saturated rings. The molecule has 0 amide bonds. The van der Waals surface area contributed by atoms with Crippen LogP contribution in [0.2, 0.25) is 0 Å². The van der Waals surface area contributed by atoms with E-state index in [1.807, 2.05) is 6.08 Å². The molecule has 0 aromatic heterocycles. The van der Waals surface area contributed by atoms with Crippen LogP contribution in [0, 0.1) is 5.92 Å². The zero-order chi connectivity index (χ0) is 10.0. The fraction of sp³-hybridized carbons (Fsp3) is 0.833. The van der Waals surface area contributed by atoms with Crippen LogP contribution >= 0.6 is 0 Å².